The number of rotatable bonds is 7. The number of carbonyl (C=O) groups is 2. The summed E-state index contributed by atoms with van der Waals surface area (Å²) in [5.74, 6) is 1.20. The lowest BCUT2D eigenvalue weighted by Gasteiger charge is -2.35. The van der Waals surface area contributed by atoms with E-state index in [1.807, 2.05) is 29.2 Å². The Morgan fingerprint density at radius 2 is 1.78 bits per heavy atom. The van der Waals surface area contributed by atoms with Gasteiger partial charge in [0.2, 0.25) is 5.91 Å². The Morgan fingerprint density at radius 3 is 2.30 bits per heavy atom. The zero-order valence-electron chi connectivity index (χ0n) is 17.0. The van der Waals surface area contributed by atoms with Crippen LogP contribution in [0.3, 0.4) is 0 Å². The summed E-state index contributed by atoms with van der Waals surface area (Å²) < 4.78 is 5.16. The lowest BCUT2D eigenvalue weighted by molar-refractivity contribution is -0.136. The van der Waals surface area contributed by atoms with Crippen molar-refractivity contribution in [2.24, 2.45) is 5.92 Å². The molecule has 27 heavy (non-hydrogen) atoms. The summed E-state index contributed by atoms with van der Waals surface area (Å²) in [6.45, 7) is 6.13. The molecule has 0 aliphatic carbocycles. The van der Waals surface area contributed by atoms with Gasteiger partial charge in [0.25, 0.3) is 0 Å². The maximum Gasteiger partial charge on any atom is 0.317 e. The number of urea groups is 1. The van der Waals surface area contributed by atoms with E-state index in [9.17, 15) is 9.59 Å². The highest BCUT2D eigenvalue weighted by Crippen LogP contribution is 2.18. The van der Waals surface area contributed by atoms with Crippen LogP contribution in [-0.4, -0.2) is 55.0 Å². The number of piperidine rings is 1. The largest absolute Gasteiger partial charge is 0.497 e. The standard InChI is InChI=1S/C21H33N3O3/c1-5-17(6-2)20(25)24-13-11-18(12-14-24)22-21(26)23(3)15-16-7-9-19(27-4)10-8-16/h7-10,17-18H,5-6,11-15H2,1-4H3,(H,22,26). The van der Waals surface area contributed by atoms with Crippen LogP contribution in [-0.2, 0) is 11.3 Å². The molecule has 1 aromatic rings. The van der Waals surface area contributed by atoms with Crippen LogP contribution in [0.5, 0.6) is 5.75 Å². The quantitative estimate of drug-likeness (QED) is 0.796. The fourth-order valence-corrected chi connectivity index (χ4v) is 3.50. The van der Waals surface area contributed by atoms with Crippen LogP contribution in [0, 0.1) is 5.92 Å². The zero-order chi connectivity index (χ0) is 19.8. The van der Waals surface area contributed by atoms with Gasteiger partial charge in [-0.25, -0.2) is 4.79 Å². The average molecular weight is 376 g/mol. The van der Waals surface area contributed by atoms with Gasteiger partial charge in [-0.1, -0.05) is 26.0 Å². The van der Waals surface area contributed by atoms with Gasteiger partial charge in [-0.15, -0.1) is 0 Å². The number of carbonyl (C=O) groups excluding carboxylic acids is 2. The zero-order valence-corrected chi connectivity index (χ0v) is 17.0. The van der Waals surface area contributed by atoms with Crippen LogP contribution < -0.4 is 10.1 Å². The van der Waals surface area contributed by atoms with Crippen LogP contribution in [0.4, 0.5) is 4.79 Å². The summed E-state index contributed by atoms with van der Waals surface area (Å²) in [4.78, 5) is 28.6. The van der Waals surface area contributed by atoms with Crippen molar-refractivity contribution < 1.29 is 14.3 Å². The van der Waals surface area contributed by atoms with Crippen molar-refractivity contribution in [3.8, 4) is 5.75 Å². The second-order valence-corrected chi connectivity index (χ2v) is 7.27. The molecule has 6 heteroatoms. The van der Waals surface area contributed by atoms with Crippen LogP contribution in [0.2, 0.25) is 0 Å². The molecule has 0 bridgehead atoms. The molecule has 0 radical (unpaired) electrons. The molecule has 3 amide bonds. The predicted molar refractivity (Wildman–Crippen MR) is 107 cm³/mol. The van der Waals surface area contributed by atoms with E-state index in [1.165, 1.54) is 0 Å². The molecule has 0 spiro atoms. The van der Waals surface area contributed by atoms with E-state index >= 15 is 0 Å². The minimum atomic E-state index is -0.0735. The van der Waals surface area contributed by atoms with Crippen molar-refractivity contribution in [2.45, 2.75) is 52.1 Å². The fourth-order valence-electron chi connectivity index (χ4n) is 3.50. The summed E-state index contributed by atoms with van der Waals surface area (Å²) in [7, 11) is 3.43. The van der Waals surface area contributed by atoms with Gasteiger partial charge in [0, 0.05) is 38.6 Å². The molecule has 6 nitrogen and oxygen atoms in total. The Balaban J connectivity index is 1.78. The fraction of sp³-hybridized carbons (Fsp3) is 0.619. The molecule has 1 aromatic carbocycles. The number of nitrogens with zero attached hydrogens (tertiary/aromatic N) is 2. The first-order valence-corrected chi connectivity index (χ1v) is 9.91. The van der Waals surface area contributed by atoms with Gasteiger partial charge in [0.1, 0.15) is 5.75 Å². The normalized spacial score (nSPS) is 14.9. The molecule has 0 atom stereocenters. The first-order chi connectivity index (χ1) is 13.0. The minimum absolute atomic E-state index is 0.0735. The number of hydrogen-bond donors (Lipinski definition) is 1. The molecule has 150 valence electrons. The molecule has 1 heterocycles. The van der Waals surface area contributed by atoms with Gasteiger partial charge < -0.3 is 19.9 Å². The lowest BCUT2D eigenvalue weighted by Crippen LogP contribution is -2.50. The number of amides is 3. The Hall–Kier alpha value is -2.24. The van der Waals surface area contributed by atoms with Gasteiger partial charge in [0.15, 0.2) is 0 Å². The highest BCUT2D eigenvalue weighted by atomic mass is 16.5. The van der Waals surface area contributed by atoms with Crippen LogP contribution in [0.1, 0.15) is 45.1 Å². The Bertz CT molecular complexity index is 606. The third kappa shape index (κ3) is 5.88. The minimum Gasteiger partial charge on any atom is -0.497 e. The number of methoxy groups -OCH3 is 1. The van der Waals surface area contributed by atoms with Gasteiger partial charge >= 0.3 is 6.03 Å². The van der Waals surface area contributed by atoms with E-state index in [4.69, 9.17) is 4.74 Å². The Kier molecular flexibility index (Phi) is 7.95. The van der Waals surface area contributed by atoms with Crippen molar-refractivity contribution in [3.63, 3.8) is 0 Å². The lowest BCUT2D eigenvalue weighted by atomic mass is 9.98. The molecule has 0 aromatic heterocycles. The summed E-state index contributed by atoms with van der Waals surface area (Å²) in [5, 5.41) is 3.10. The molecule has 1 N–H and O–H groups in total. The first-order valence-electron chi connectivity index (χ1n) is 9.91. The number of ether oxygens (including phenoxy) is 1. The topological polar surface area (TPSA) is 61.9 Å². The molecule has 1 fully saturated rings. The predicted octanol–water partition coefficient (Wildman–Crippen LogP) is 3.26. The van der Waals surface area contributed by atoms with Crippen molar-refractivity contribution in [3.05, 3.63) is 29.8 Å². The third-order valence-electron chi connectivity index (χ3n) is 5.39. The van der Waals surface area contributed by atoms with E-state index in [-0.39, 0.29) is 23.9 Å². The van der Waals surface area contributed by atoms with E-state index in [2.05, 4.69) is 19.2 Å². The highest BCUT2D eigenvalue weighted by molar-refractivity contribution is 5.79. The van der Waals surface area contributed by atoms with Crippen LogP contribution >= 0.6 is 0 Å². The molecule has 1 aliphatic heterocycles. The van der Waals surface area contributed by atoms with Gasteiger partial charge in [-0.3, -0.25) is 4.79 Å². The summed E-state index contributed by atoms with van der Waals surface area (Å²) in [6, 6.07) is 7.77. The second kappa shape index (κ2) is 10.2. The molecule has 1 saturated heterocycles. The highest BCUT2D eigenvalue weighted by Gasteiger charge is 2.27. The van der Waals surface area contributed by atoms with Crippen LogP contribution in [0.15, 0.2) is 24.3 Å². The Labute approximate surface area is 162 Å². The van der Waals surface area contributed by atoms with E-state index in [0.29, 0.717) is 6.54 Å². The molecule has 1 aliphatic rings. The maximum absolute atomic E-state index is 12.5. The van der Waals surface area contributed by atoms with Gasteiger partial charge in [-0.2, -0.15) is 0 Å². The molecular formula is C21H33N3O3. The SMILES string of the molecule is CCC(CC)C(=O)N1CCC(NC(=O)N(C)Cc2ccc(OC)cc2)CC1. The number of likely N-dealkylation sites (tertiary alicyclic amines) is 1. The molecule has 0 unspecified atom stereocenters. The molecule has 0 saturated carbocycles. The number of nitrogens with one attached hydrogen (secondary N) is 1. The van der Waals surface area contributed by atoms with Crippen molar-refractivity contribution in [2.75, 3.05) is 27.2 Å². The first kappa shape index (κ1) is 21.1. The van der Waals surface area contributed by atoms with Crippen LogP contribution in [0.25, 0.3) is 0 Å². The van der Waals surface area contributed by atoms with Gasteiger partial charge in [0.05, 0.1) is 7.11 Å². The van der Waals surface area contributed by atoms with Gasteiger partial charge in [-0.05, 0) is 43.4 Å². The second-order valence-electron chi connectivity index (χ2n) is 7.27. The molecule has 2 rings (SSSR count). The maximum atomic E-state index is 12.5. The van der Waals surface area contributed by atoms with Crippen molar-refractivity contribution >= 4 is 11.9 Å². The summed E-state index contributed by atoms with van der Waals surface area (Å²) in [5.41, 5.74) is 1.05. The smallest absolute Gasteiger partial charge is 0.317 e. The summed E-state index contributed by atoms with van der Waals surface area (Å²) >= 11 is 0. The van der Waals surface area contributed by atoms with E-state index in [0.717, 1.165) is 50.1 Å². The number of benzene rings is 1. The van der Waals surface area contributed by atoms with Crippen molar-refractivity contribution in [1.29, 1.82) is 0 Å². The molecular weight excluding hydrogens is 342 g/mol. The van der Waals surface area contributed by atoms with Crippen molar-refractivity contribution in [1.82, 2.24) is 15.1 Å². The number of hydrogen-bond acceptors (Lipinski definition) is 3. The third-order valence-corrected chi connectivity index (χ3v) is 5.39. The summed E-state index contributed by atoms with van der Waals surface area (Å²) in [6.07, 6.45) is 3.41. The monoisotopic (exact) mass is 375 g/mol. The van der Waals surface area contributed by atoms with E-state index < -0.39 is 0 Å². The Morgan fingerprint density at radius 1 is 1.19 bits per heavy atom. The average Bonchev–Trinajstić information content (AvgIpc) is 2.70. The van der Waals surface area contributed by atoms with E-state index in [1.54, 1.807) is 19.1 Å².